The van der Waals surface area contributed by atoms with Crippen LogP contribution in [0.1, 0.15) is 10.4 Å². The molecule has 0 aliphatic heterocycles. The molecule has 0 amide bonds. The van der Waals surface area contributed by atoms with Crippen molar-refractivity contribution >= 4 is 28.6 Å². The third-order valence-electron chi connectivity index (χ3n) is 1.71. The van der Waals surface area contributed by atoms with Gasteiger partial charge < -0.3 is 5.11 Å². The zero-order valence-corrected chi connectivity index (χ0v) is 7.56. The van der Waals surface area contributed by atoms with Crippen molar-refractivity contribution in [3.8, 4) is 0 Å². The molecule has 70 valence electrons. The van der Waals surface area contributed by atoms with Crippen LogP contribution in [0.5, 0.6) is 0 Å². The molecule has 0 spiro atoms. The molecule has 0 aliphatic rings. The fraction of sp³-hybridized carbons (Fsp3) is 0. The Morgan fingerprint density at radius 3 is 2.86 bits per heavy atom. The van der Waals surface area contributed by atoms with E-state index in [1.165, 1.54) is 18.7 Å². The minimum Gasteiger partial charge on any atom is -0.478 e. The third kappa shape index (κ3) is 1.27. The van der Waals surface area contributed by atoms with Gasteiger partial charge in [-0.2, -0.15) is 0 Å². The van der Waals surface area contributed by atoms with Crippen molar-refractivity contribution in [2.75, 3.05) is 0 Å². The van der Waals surface area contributed by atoms with E-state index in [0.29, 0.717) is 11.0 Å². The number of pyridine rings is 1. The number of carbonyl (C=O) groups is 1. The van der Waals surface area contributed by atoms with Crippen molar-refractivity contribution in [1.82, 2.24) is 15.0 Å². The first-order valence-corrected chi connectivity index (χ1v) is 4.05. The van der Waals surface area contributed by atoms with Crippen molar-refractivity contribution in [1.29, 1.82) is 0 Å². The zero-order valence-electron chi connectivity index (χ0n) is 6.81. The van der Waals surface area contributed by atoms with Crippen molar-refractivity contribution in [3.63, 3.8) is 0 Å². The van der Waals surface area contributed by atoms with Gasteiger partial charge >= 0.3 is 5.97 Å². The lowest BCUT2D eigenvalue weighted by atomic mass is 10.2. The third-order valence-corrected chi connectivity index (χ3v) is 2.12. The van der Waals surface area contributed by atoms with E-state index in [9.17, 15) is 4.79 Å². The summed E-state index contributed by atoms with van der Waals surface area (Å²) in [6.45, 7) is 0. The van der Waals surface area contributed by atoms with Crippen LogP contribution >= 0.6 is 11.6 Å². The van der Waals surface area contributed by atoms with Gasteiger partial charge in [-0.25, -0.2) is 19.7 Å². The Balaban J connectivity index is 2.81. The Bertz CT molecular complexity index is 515. The summed E-state index contributed by atoms with van der Waals surface area (Å²) in [4.78, 5) is 22.1. The smallest absolute Gasteiger partial charge is 0.338 e. The number of fused-ring (bicyclic) bond motifs is 1. The predicted octanol–water partition coefficient (Wildman–Crippen LogP) is 1.38. The largest absolute Gasteiger partial charge is 0.478 e. The molecule has 14 heavy (non-hydrogen) atoms. The first-order valence-electron chi connectivity index (χ1n) is 3.67. The highest BCUT2D eigenvalue weighted by Gasteiger charge is 2.12. The Kier molecular flexibility index (Phi) is 2.01. The molecule has 6 heteroatoms. The van der Waals surface area contributed by atoms with E-state index in [-0.39, 0.29) is 10.6 Å². The molecule has 0 radical (unpaired) electrons. The van der Waals surface area contributed by atoms with E-state index in [4.69, 9.17) is 16.7 Å². The fourth-order valence-corrected chi connectivity index (χ4v) is 1.32. The van der Waals surface area contributed by atoms with Crippen LogP contribution in [-0.2, 0) is 0 Å². The summed E-state index contributed by atoms with van der Waals surface area (Å²) in [5.74, 6) is -1.12. The lowest BCUT2D eigenvalue weighted by molar-refractivity contribution is 0.0697. The predicted molar refractivity (Wildman–Crippen MR) is 49.3 cm³/mol. The van der Waals surface area contributed by atoms with Gasteiger partial charge in [-0.3, -0.25) is 0 Å². The molecule has 0 aliphatic carbocycles. The zero-order chi connectivity index (χ0) is 10.1. The van der Waals surface area contributed by atoms with E-state index in [1.54, 1.807) is 0 Å². The summed E-state index contributed by atoms with van der Waals surface area (Å²) >= 11 is 5.84. The minimum atomic E-state index is -1.12. The van der Waals surface area contributed by atoms with Crippen molar-refractivity contribution in [3.05, 3.63) is 29.3 Å². The Hall–Kier alpha value is -1.75. The van der Waals surface area contributed by atoms with E-state index in [1.807, 2.05) is 0 Å². The molecule has 2 aromatic rings. The van der Waals surface area contributed by atoms with Gasteiger partial charge in [0.25, 0.3) is 0 Å². The number of hydrogen-bond acceptors (Lipinski definition) is 4. The molecule has 0 atom stereocenters. The number of carboxylic acid groups (broad SMARTS) is 1. The lowest BCUT2D eigenvalue weighted by Crippen LogP contribution is -1.99. The van der Waals surface area contributed by atoms with Crippen LogP contribution in [0.2, 0.25) is 5.02 Å². The first-order chi connectivity index (χ1) is 6.70. The van der Waals surface area contributed by atoms with E-state index < -0.39 is 5.97 Å². The molecular formula is C8H4ClN3O2. The maximum Gasteiger partial charge on any atom is 0.338 e. The number of aromatic nitrogens is 3. The molecule has 2 rings (SSSR count). The average Bonchev–Trinajstić information content (AvgIpc) is 2.18. The maximum absolute atomic E-state index is 10.7. The summed E-state index contributed by atoms with van der Waals surface area (Å²) in [6.07, 6.45) is 3.94. The summed E-state index contributed by atoms with van der Waals surface area (Å²) in [5.41, 5.74) is 0.337. The number of halogens is 1. The fourth-order valence-electron chi connectivity index (χ4n) is 1.06. The van der Waals surface area contributed by atoms with Crippen molar-refractivity contribution in [2.45, 2.75) is 0 Å². The number of nitrogens with zero attached hydrogens (tertiary/aromatic N) is 3. The van der Waals surface area contributed by atoms with Crippen LogP contribution in [-0.4, -0.2) is 26.0 Å². The molecule has 5 nitrogen and oxygen atoms in total. The Morgan fingerprint density at radius 1 is 1.36 bits per heavy atom. The second-order valence-electron chi connectivity index (χ2n) is 2.55. The highest BCUT2D eigenvalue weighted by Crippen LogP contribution is 2.23. The molecule has 0 aromatic carbocycles. The van der Waals surface area contributed by atoms with Crippen LogP contribution in [0, 0.1) is 0 Å². The number of hydrogen-bond donors (Lipinski definition) is 1. The van der Waals surface area contributed by atoms with Gasteiger partial charge in [-0.05, 0) is 0 Å². The Morgan fingerprint density at radius 2 is 2.14 bits per heavy atom. The van der Waals surface area contributed by atoms with Crippen LogP contribution in [0.15, 0.2) is 18.7 Å². The second kappa shape index (κ2) is 3.19. The number of carboxylic acids is 1. The average molecular weight is 210 g/mol. The summed E-state index contributed by atoms with van der Waals surface area (Å²) < 4.78 is 0. The van der Waals surface area contributed by atoms with Crippen LogP contribution in [0.3, 0.4) is 0 Å². The number of rotatable bonds is 1. The molecule has 0 unspecified atom stereocenters. The molecule has 0 fully saturated rings. The van der Waals surface area contributed by atoms with Gasteiger partial charge in [0.2, 0.25) is 0 Å². The summed E-state index contributed by atoms with van der Waals surface area (Å²) in [7, 11) is 0. The van der Waals surface area contributed by atoms with Gasteiger partial charge in [0, 0.05) is 12.4 Å². The Labute approximate surface area is 83.4 Å². The van der Waals surface area contributed by atoms with Gasteiger partial charge in [0.1, 0.15) is 6.33 Å². The highest BCUT2D eigenvalue weighted by molar-refractivity contribution is 6.37. The molecule has 0 saturated heterocycles. The lowest BCUT2D eigenvalue weighted by Gasteiger charge is -2.00. The highest BCUT2D eigenvalue weighted by atomic mass is 35.5. The standard InChI is InChI=1S/C8H4ClN3O2/c9-6-4-1-10-3-12-7(4)11-2-5(6)8(13)14/h1-3H,(H,13,14). The minimum absolute atomic E-state index is 0.0473. The van der Waals surface area contributed by atoms with Gasteiger partial charge in [-0.1, -0.05) is 11.6 Å². The molecule has 0 saturated carbocycles. The first kappa shape index (κ1) is 8.83. The van der Waals surface area contributed by atoms with E-state index in [2.05, 4.69) is 15.0 Å². The van der Waals surface area contributed by atoms with Crippen molar-refractivity contribution < 1.29 is 9.90 Å². The normalized spacial score (nSPS) is 10.4. The maximum atomic E-state index is 10.7. The quantitative estimate of drug-likeness (QED) is 0.768. The SMILES string of the molecule is O=C(O)c1cnc2ncncc2c1Cl. The topological polar surface area (TPSA) is 76.0 Å². The van der Waals surface area contributed by atoms with Gasteiger partial charge in [0.05, 0.1) is 16.0 Å². The van der Waals surface area contributed by atoms with Gasteiger partial charge in [-0.15, -0.1) is 0 Å². The summed E-state index contributed by atoms with van der Waals surface area (Å²) in [6, 6.07) is 0. The second-order valence-corrected chi connectivity index (χ2v) is 2.93. The van der Waals surface area contributed by atoms with E-state index in [0.717, 1.165) is 0 Å². The molecular weight excluding hydrogens is 206 g/mol. The van der Waals surface area contributed by atoms with Crippen molar-refractivity contribution in [2.24, 2.45) is 0 Å². The molecule has 2 aromatic heterocycles. The van der Waals surface area contributed by atoms with Gasteiger partial charge in [0.15, 0.2) is 5.65 Å². The molecule has 2 heterocycles. The van der Waals surface area contributed by atoms with E-state index >= 15 is 0 Å². The molecule has 1 N–H and O–H groups in total. The monoisotopic (exact) mass is 209 g/mol. The number of aromatic carboxylic acids is 1. The summed E-state index contributed by atoms with van der Waals surface area (Å²) in [5, 5.41) is 9.31. The molecule has 0 bridgehead atoms. The van der Waals surface area contributed by atoms with Crippen LogP contribution < -0.4 is 0 Å². The van der Waals surface area contributed by atoms with Crippen LogP contribution in [0.25, 0.3) is 11.0 Å². The van der Waals surface area contributed by atoms with Crippen LogP contribution in [0.4, 0.5) is 0 Å².